The van der Waals surface area contributed by atoms with Gasteiger partial charge in [0.1, 0.15) is 16.4 Å². The van der Waals surface area contributed by atoms with Crippen LogP contribution < -0.4 is 19.5 Å². The minimum Gasteiger partial charge on any atom is -0.493 e. The lowest BCUT2D eigenvalue weighted by Crippen LogP contribution is -2.27. The number of rotatable bonds is 9. The molecule has 158 valence electrons. The number of carbonyl (C=O) groups is 1. The number of amides is 1. The molecule has 0 aliphatic carbocycles. The highest BCUT2D eigenvalue weighted by Crippen LogP contribution is 2.29. The van der Waals surface area contributed by atoms with Gasteiger partial charge in [0.15, 0.2) is 0 Å². The molecule has 2 aromatic carbocycles. The summed E-state index contributed by atoms with van der Waals surface area (Å²) in [5.41, 5.74) is 0.553. The molecule has 0 aliphatic heterocycles. The van der Waals surface area contributed by atoms with Crippen molar-refractivity contribution < 1.29 is 35.9 Å². The third-order valence-corrected chi connectivity index (χ3v) is 4.90. The maximum absolute atomic E-state index is 12.4. The predicted octanol–water partition coefficient (Wildman–Crippen LogP) is 3.29. The number of carbonyl (C=O) groups excluding carboxylic acids is 1. The number of benzene rings is 2. The van der Waals surface area contributed by atoms with E-state index in [9.17, 15) is 26.4 Å². The standard InChI is InChI=1S/C18H19F3N2O5S/c1-13(24)23-14-6-4-7-15(12-14)27-11-5-10-22-29(25,26)17-9-3-2-8-16(17)28-18(19,20)21/h2-4,6-9,12,22H,5,10-11H2,1H3,(H,23,24). The molecule has 0 spiro atoms. The van der Waals surface area contributed by atoms with E-state index >= 15 is 0 Å². The number of para-hydroxylation sites is 1. The summed E-state index contributed by atoms with van der Waals surface area (Å²) < 4.78 is 73.4. The van der Waals surface area contributed by atoms with Crippen molar-refractivity contribution in [2.75, 3.05) is 18.5 Å². The summed E-state index contributed by atoms with van der Waals surface area (Å²) >= 11 is 0. The Balaban J connectivity index is 1.88. The molecule has 2 rings (SSSR count). The summed E-state index contributed by atoms with van der Waals surface area (Å²) in [5.74, 6) is -0.562. The summed E-state index contributed by atoms with van der Waals surface area (Å²) in [4.78, 5) is 10.4. The number of halogens is 3. The Kier molecular flexibility index (Phi) is 7.46. The van der Waals surface area contributed by atoms with E-state index in [-0.39, 0.29) is 25.5 Å². The molecule has 0 radical (unpaired) electrons. The average Bonchev–Trinajstić information content (AvgIpc) is 2.60. The molecule has 0 bridgehead atoms. The van der Waals surface area contributed by atoms with Gasteiger partial charge in [-0.3, -0.25) is 4.79 Å². The van der Waals surface area contributed by atoms with Crippen molar-refractivity contribution >= 4 is 21.6 Å². The number of nitrogens with one attached hydrogen (secondary N) is 2. The molecule has 7 nitrogen and oxygen atoms in total. The molecule has 0 saturated heterocycles. The molecule has 2 aromatic rings. The highest BCUT2D eigenvalue weighted by molar-refractivity contribution is 7.89. The van der Waals surface area contributed by atoms with Crippen LogP contribution in [0.2, 0.25) is 0 Å². The van der Waals surface area contributed by atoms with Gasteiger partial charge in [0.25, 0.3) is 0 Å². The van der Waals surface area contributed by atoms with Gasteiger partial charge >= 0.3 is 6.36 Å². The molecule has 0 atom stereocenters. The number of sulfonamides is 1. The first-order valence-corrected chi connectivity index (χ1v) is 9.90. The normalized spacial score (nSPS) is 11.7. The maximum Gasteiger partial charge on any atom is 0.573 e. The predicted molar refractivity (Wildman–Crippen MR) is 99.2 cm³/mol. The molecule has 2 N–H and O–H groups in total. The first-order valence-electron chi connectivity index (χ1n) is 8.42. The van der Waals surface area contributed by atoms with Gasteiger partial charge in [-0.05, 0) is 30.7 Å². The lowest BCUT2D eigenvalue weighted by molar-refractivity contribution is -0.275. The van der Waals surface area contributed by atoms with Crippen LogP contribution in [0, 0.1) is 0 Å². The summed E-state index contributed by atoms with van der Waals surface area (Å²) in [7, 11) is -4.21. The van der Waals surface area contributed by atoms with E-state index in [0.29, 0.717) is 11.4 Å². The molecule has 1 amide bonds. The van der Waals surface area contributed by atoms with Crippen molar-refractivity contribution in [3.8, 4) is 11.5 Å². The van der Waals surface area contributed by atoms with Gasteiger partial charge in [-0.15, -0.1) is 13.2 Å². The minimum atomic E-state index is -5.01. The van der Waals surface area contributed by atoms with Crippen LogP contribution >= 0.6 is 0 Å². The Morgan fingerprint density at radius 1 is 1.10 bits per heavy atom. The second-order valence-electron chi connectivity index (χ2n) is 5.80. The van der Waals surface area contributed by atoms with Gasteiger partial charge in [-0.1, -0.05) is 18.2 Å². The molecular formula is C18H19F3N2O5S. The lowest BCUT2D eigenvalue weighted by atomic mass is 10.3. The van der Waals surface area contributed by atoms with Crippen LogP contribution in [0.5, 0.6) is 11.5 Å². The zero-order valence-electron chi connectivity index (χ0n) is 15.3. The summed E-state index contributed by atoms with van der Waals surface area (Å²) in [5, 5.41) is 2.60. The Hall–Kier alpha value is -2.79. The van der Waals surface area contributed by atoms with Gasteiger partial charge in [0.05, 0.1) is 6.61 Å². The van der Waals surface area contributed by atoms with Crippen LogP contribution in [0.3, 0.4) is 0 Å². The van der Waals surface area contributed by atoms with E-state index in [2.05, 4.69) is 14.8 Å². The third-order valence-electron chi connectivity index (χ3n) is 3.40. The molecule has 0 fully saturated rings. The van der Waals surface area contributed by atoms with E-state index in [1.165, 1.54) is 19.1 Å². The number of ether oxygens (including phenoxy) is 2. The fraction of sp³-hybridized carbons (Fsp3) is 0.278. The van der Waals surface area contributed by atoms with Gasteiger partial charge < -0.3 is 14.8 Å². The fourth-order valence-corrected chi connectivity index (χ4v) is 3.50. The Labute approximate surface area is 165 Å². The fourth-order valence-electron chi connectivity index (χ4n) is 2.29. The van der Waals surface area contributed by atoms with E-state index in [1.807, 2.05) is 0 Å². The van der Waals surface area contributed by atoms with Crippen molar-refractivity contribution in [2.45, 2.75) is 24.6 Å². The van der Waals surface area contributed by atoms with Gasteiger partial charge in [-0.25, -0.2) is 13.1 Å². The Morgan fingerprint density at radius 2 is 1.83 bits per heavy atom. The second kappa shape index (κ2) is 9.61. The van der Waals surface area contributed by atoms with Crippen LogP contribution in [0.1, 0.15) is 13.3 Å². The van der Waals surface area contributed by atoms with Crippen molar-refractivity contribution in [3.63, 3.8) is 0 Å². The van der Waals surface area contributed by atoms with E-state index in [4.69, 9.17) is 4.74 Å². The summed E-state index contributed by atoms with van der Waals surface area (Å²) in [6, 6.07) is 11.1. The SMILES string of the molecule is CC(=O)Nc1cccc(OCCCNS(=O)(=O)c2ccccc2OC(F)(F)F)c1. The molecular weight excluding hydrogens is 413 g/mol. The number of anilines is 1. The quantitative estimate of drug-likeness (QED) is 0.593. The van der Waals surface area contributed by atoms with E-state index in [0.717, 1.165) is 12.1 Å². The first kappa shape index (κ1) is 22.5. The zero-order chi connectivity index (χ0) is 21.5. The van der Waals surface area contributed by atoms with Crippen LogP contribution in [0.4, 0.5) is 18.9 Å². The van der Waals surface area contributed by atoms with E-state index in [1.54, 1.807) is 24.3 Å². The van der Waals surface area contributed by atoms with Crippen molar-refractivity contribution in [1.29, 1.82) is 0 Å². The highest BCUT2D eigenvalue weighted by atomic mass is 32.2. The van der Waals surface area contributed by atoms with Crippen LogP contribution in [0.15, 0.2) is 53.4 Å². The molecule has 0 saturated carbocycles. The van der Waals surface area contributed by atoms with Gasteiger partial charge in [0.2, 0.25) is 15.9 Å². The van der Waals surface area contributed by atoms with Crippen LogP contribution in [-0.2, 0) is 14.8 Å². The van der Waals surface area contributed by atoms with Crippen molar-refractivity contribution in [2.24, 2.45) is 0 Å². The number of alkyl halides is 3. The van der Waals surface area contributed by atoms with Crippen molar-refractivity contribution in [1.82, 2.24) is 4.72 Å². The maximum atomic E-state index is 12.4. The zero-order valence-corrected chi connectivity index (χ0v) is 16.1. The lowest BCUT2D eigenvalue weighted by Gasteiger charge is -2.14. The smallest absolute Gasteiger partial charge is 0.493 e. The van der Waals surface area contributed by atoms with Gasteiger partial charge in [0, 0.05) is 25.2 Å². The summed E-state index contributed by atoms with van der Waals surface area (Å²) in [6.45, 7) is 1.46. The number of hydrogen-bond acceptors (Lipinski definition) is 5. The average molecular weight is 432 g/mol. The van der Waals surface area contributed by atoms with Crippen molar-refractivity contribution in [3.05, 3.63) is 48.5 Å². The van der Waals surface area contributed by atoms with E-state index < -0.39 is 27.0 Å². The summed E-state index contributed by atoms with van der Waals surface area (Å²) in [6.07, 6.45) is -4.75. The Bertz CT molecular complexity index is 949. The Morgan fingerprint density at radius 3 is 2.52 bits per heavy atom. The second-order valence-corrected chi connectivity index (χ2v) is 7.54. The molecule has 11 heteroatoms. The first-order chi connectivity index (χ1) is 13.6. The molecule has 0 unspecified atom stereocenters. The topological polar surface area (TPSA) is 93.7 Å². The van der Waals surface area contributed by atoms with Crippen LogP contribution in [-0.4, -0.2) is 33.8 Å². The molecule has 29 heavy (non-hydrogen) atoms. The third kappa shape index (κ3) is 7.62. The molecule has 0 aliphatic rings. The molecule has 0 heterocycles. The largest absolute Gasteiger partial charge is 0.573 e. The minimum absolute atomic E-state index is 0.0614. The number of hydrogen-bond donors (Lipinski definition) is 2. The molecule has 0 aromatic heterocycles. The van der Waals surface area contributed by atoms with Crippen LogP contribution in [0.25, 0.3) is 0 Å². The monoisotopic (exact) mass is 432 g/mol. The van der Waals surface area contributed by atoms with Gasteiger partial charge in [-0.2, -0.15) is 0 Å². The highest BCUT2D eigenvalue weighted by Gasteiger charge is 2.33.